The summed E-state index contributed by atoms with van der Waals surface area (Å²) in [7, 11) is 0. The molecule has 0 radical (unpaired) electrons. The number of carbonyl (C=O) groups excluding carboxylic acids is 1. The summed E-state index contributed by atoms with van der Waals surface area (Å²) in [5, 5.41) is 4.63. The summed E-state index contributed by atoms with van der Waals surface area (Å²) in [6.07, 6.45) is 6.31. The van der Waals surface area contributed by atoms with Gasteiger partial charge in [-0.05, 0) is 62.3 Å². The minimum Gasteiger partial charge on any atom is -0.461 e. The van der Waals surface area contributed by atoms with Crippen LogP contribution < -0.4 is 15.4 Å². The molecular weight excluding hydrogens is 705 g/mol. The molecule has 1 amide bonds. The molecule has 5 aromatic rings. The number of likely N-dealkylation sites (tertiary alicyclic amines) is 1. The number of piperidine rings is 1. The molecule has 0 bridgehead atoms. The van der Waals surface area contributed by atoms with Crippen LogP contribution in [-0.4, -0.2) is 103 Å². The minimum absolute atomic E-state index is 0.000146. The monoisotopic (exact) mass is 738 g/mol. The molecule has 3 aromatic heterocycles. The van der Waals surface area contributed by atoms with Crippen LogP contribution in [0.5, 0.6) is 6.01 Å². The molecular formula is C34H34ClF3N10O2S. The molecule has 4 fully saturated rings. The lowest BCUT2D eigenvalue weighted by molar-refractivity contribution is 0.107. The Bertz CT molecular complexity index is 2180. The maximum atomic E-state index is 17.0. The predicted molar refractivity (Wildman–Crippen MR) is 187 cm³/mol. The number of nitrogens with zero attached hydrogens (tertiary/aromatic N) is 9. The van der Waals surface area contributed by atoms with E-state index in [9.17, 15) is 13.6 Å². The molecule has 2 aromatic carbocycles. The summed E-state index contributed by atoms with van der Waals surface area (Å²) < 4.78 is 54.0. The number of ether oxygens (including phenoxy) is 1. The van der Waals surface area contributed by atoms with E-state index in [2.05, 4.69) is 29.9 Å². The van der Waals surface area contributed by atoms with Gasteiger partial charge in [0.2, 0.25) is 0 Å². The van der Waals surface area contributed by atoms with Crippen LogP contribution in [-0.2, 0) is 0 Å². The number of benzene rings is 2. The van der Waals surface area contributed by atoms with Crippen LogP contribution >= 0.6 is 22.9 Å². The Balaban J connectivity index is 1.08. The van der Waals surface area contributed by atoms with Gasteiger partial charge in [-0.25, -0.2) is 27.9 Å². The van der Waals surface area contributed by atoms with Crippen molar-refractivity contribution in [1.82, 2.24) is 39.5 Å². The first kappa shape index (κ1) is 32.6. The number of halogens is 4. The Hall–Kier alpha value is -4.28. The predicted octanol–water partition coefficient (Wildman–Crippen LogP) is 5.93. The second-order valence-electron chi connectivity index (χ2n) is 14.2. The molecule has 2 atom stereocenters. The molecule has 4 saturated heterocycles. The Morgan fingerprint density at radius 3 is 2.71 bits per heavy atom. The molecule has 0 aliphatic carbocycles. The van der Waals surface area contributed by atoms with Crippen LogP contribution in [0.4, 0.5) is 28.9 Å². The maximum Gasteiger partial charge on any atom is 0.346 e. The van der Waals surface area contributed by atoms with Crippen molar-refractivity contribution < 1.29 is 22.7 Å². The fraction of sp³-hybridized carbons (Fsp3) is 0.471. The van der Waals surface area contributed by atoms with Crippen LogP contribution in [0.1, 0.15) is 38.5 Å². The topological polar surface area (TPSA) is 131 Å². The van der Waals surface area contributed by atoms with Gasteiger partial charge in [0.25, 0.3) is 0 Å². The standard InChI is InChI=1S/C34H34ClF3N10O2S/c35-22-12-21-26(25(38)24(22)20-2-3-23(37)28-27(20)42-30(39)51-28)43-31(50-16-34-4-1-8-47(34)14-19(36)13-34)44-29(21)46-11-7-33(15-46)5-9-45(10-6-33)32(49)48-18-40-17-41-48/h2-3,12,17-19H,1,4-11,13-16H2,(H2,39,42)/t19-,34+/m1/s1. The number of anilines is 2. The minimum atomic E-state index is -0.935. The molecule has 51 heavy (non-hydrogen) atoms. The third-order valence-electron chi connectivity index (χ3n) is 11.3. The van der Waals surface area contributed by atoms with E-state index < -0.39 is 23.3 Å². The average Bonchev–Trinajstić information content (AvgIpc) is 3.95. The van der Waals surface area contributed by atoms with Gasteiger partial charge >= 0.3 is 12.0 Å². The lowest BCUT2D eigenvalue weighted by atomic mass is 9.78. The Morgan fingerprint density at radius 1 is 1.08 bits per heavy atom. The average molecular weight is 739 g/mol. The summed E-state index contributed by atoms with van der Waals surface area (Å²) in [4.78, 5) is 36.6. The summed E-state index contributed by atoms with van der Waals surface area (Å²) >= 11 is 7.85. The van der Waals surface area contributed by atoms with E-state index in [4.69, 9.17) is 27.1 Å². The number of nitrogen functional groups attached to an aromatic ring is 1. The molecule has 4 aliphatic rings. The fourth-order valence-electron chi connectivity index (χ4n) is 8.70. The Morgan fingerprint density at radius 2 is 1.90 bits per heavy atom. The van der Waals surface area contributed by atoms with Crippen molar-refractivity contribution in [2.75, 3.05) is 56.5 Å². The highest BCUT2D eigenvalue weighted by Gasteiger charge is 2.49. The normalized spacial score (nSPS) is 23.3. The number of rotatable bonds is 5. The zero-order chi connectivity index (χ0) is 35.1. The molecule has 2 N–H and O–H groups in total. The molecule has 0 unspecified atom stereocenters. The highest BCUT2D eigenvalue weighted by Crippen LogP contribution is 2.47. The number of hydrogen-bond donors (Lipinski definition) is 1. The molecule has 266 valence electrons. The van der Waals surface area contributed by atoms with Crippen molar-refractivity contribution in [3.63, 3.8) is 0 Å². The number of hydrogen-bond acceptors (Lipinski definition) is 11. The summed E-state index contributed by atoms with van der Waals surface area (Å²) in [6.45, 7) is 3.75. The second-order valence-corrected chi connectivity index (χ2v) is 15.7. The van der Waals surface area contributed by atoms with Gasteiger partial charge in [0, 0.05) is 55.7 Å². The van der Waals surface area contributed by atoms with Gasteiger partial charge < -0.3 is 20.3 Å². The highest BCUT2D eigenvalue weighted by atomic mass is 35.5. The highest BCUT2D eigenvalue weighted by molar-refractivity contribution is 7.22. The van der Waals surface area contributed by atoms with Gasteiger partial charge in [-0.15, -0.1) is 0 Å². The van der Waals surface area contributed by atoms with Gasteiger partial charge in [-0.1, -0.05) is 22.9 Å². The van der Waals surface area contributed by atoms with E-state index in [0.29, 0.717) is 55.9 Å². The summed E-state index contributed by atoms with van der Waals surface area (Å²) in [5.41, 5.74) is 5.91. The van der Waals surface area contributed by atoms with Gasteiger partial charge in [0.05, 0.1) is 20.8 Å². The van der Waals surface area contributed by atoms with Gasteiger partial charge in [-0.2, -0.15) is 19.7 Å². The van der Waals surface area contributed by atoms with Crippen molar-refractivity contribution in [3.05, 3.63) is 47.5 Å². The van der Waals surface area contributed by atoms with Crippen molar-refractivity contribution in [2.45, 2.75) is 50.2 Å². The van der Waals surface area contributed by atoms with Crippen LogP contribution in [0, 0.1) is 17.0 Å². The van der Waals surface area contributed by atoms with Crippen molar-refractivity contribution in [1.29, 1.82) is 0 Å². The third-order valence-corrected chi connectivity index (χ3v) is 12.5. The number of amides is 1. The fourth-order valence-corrected chi connectivity index (χ4v) is 9.76. The lowest BCUT2D eigenvalue weighted by Gasteiger charge is -2.39. The van der Waals surface area contributed by atoms with Crippen molar-refractivity contribution in [2.24, 2.45) is 5.41 Å². The number of thiazole rings is 1. The second kappa shape index (κ2) is 12.2. The van der Waals surface area contributed by atoms with Crippen molar-refractivity contribution >= 4 is 61.0 Å². The number of fused-ring (bicyclic) bond motifs is 3. The molecule has 9 rings (SSSR count). The van der Waals surface area contributed by atoms with E-state index in [1.165, 1.54) is 29.5 Å². The van der Waals surface area contributed by atoms with Crippen molar-refractivity contribution in [3.8, 4) is 17.1 Å². The summed E-state index contributed by atoms with van der Waals surface area (Å²) in [6, 6.07) is 4.12. The Kier molecular flexibility index (Phi) is 7.78. The number of aromatic nitrogens is 6. The summed E-state index contributed by atoms with van der Waals surface area (Å²) in [5.74, 6) is -0.748. The molecule has 4 aliphatic heterocycles. The number of carbonyl (C=O) groups is 1. The lowest BCUT2D eigenvalue weighted by Crippen LogP contribution is -2.46. The molecule has 12 nitrogen and oxygen atoms in total. The SMILES string of the molecule is Nc1nc2c(-c3c(Cl)cc4c(N5CCC6(CCN(C(=O)n7cncn7)CC6)C5)nc(OC[C@@]56CCCN5C[C@H](F)C6)nc4c3F)ccc(F)c2s1. The van der Waals surface area contributed by atoms with E-state index in [1.54, 1.807) is 11.0 Å². The zero-order valence-corrected chi connectivity index (χ0v) is 29.1. The maximum absolute atomic E-state index is 17.0. The third kappa shape index (κ3) is 5.44. The Labute approximate surface area is 299 Å². The van der Waals surface area contributed by atoms with Crippen LogP contribution in [0.3, 0.4) is 0 Å². The van der Waals surface area contributed by atoms with Gasteiger partial charge in [0.15, 0.2) is 10.9 Å². The van der Waals surface area contributed by atoms with Gasteiger partial charge in [0.1, 0.15) is 42.6 Å². The first-order valence-corrected chi connectivity index (χ1v) is 18.3. The molecule has 0 saturated carbocycles. The smallest absolute Gasteiger partial charge is 0.346 e. The van der Waals surface area contributed by atoms with Crippen LogP contribution in [0.25, 0.3) is 32.2 Å². The number of alkyl halides is 1. The first-order valence-electron chi connectivity index (χ1n) is 17.1. The number of nitrogens with two attached hydrogens (primary N) is 1. The quantitative estimate of drug-likeness (QED) is 0.232. The van der Waals surface area contributed by atoms with E-state index >= 15 is 4.39 Å². The largest absolute Gasteiger partial charge is 0.461 e. The van der Waals surface area contributed by atoms with Crippen LogP contribution in [0.2, 0.25) is 5.02 Å². The zero-order valence-electron chi connectivity index (χ0n) is 27.5. The van der Waals surface area contributed by atoms with E-state index in [0.717, 1.165) is 50.0 Å². The molecule has 1 spiro atoms. The first-order chi connectivity index (χ1) is 24.6. The molecule has 17 heteroatoms. The van der Waals surface area contributed by atoms with E-state index in [1.807, 2.05) is 0 Å². The van der Waals surface area contributed by atoms with E-state index in [-0.39, 0.29) is 55.5 Å². The molecule has 7 heterocycles. The van der Waals surface area contributed by atoms with Gasteiger partial charge in [-0.3, -0.25) is 4.90 Å². The van der Waals surface area contributed by atoms with Crippen LogP contribution in [0.15, 0.2) is 30.9 Å².